The van der Waals surface area contributed by atoms with Crippen LogP contribution in [0.25, 0.3) is 0 Å². The molecular formula is C8H16O3. The fourth-order valence-corrected chi connectivity index (χ4v) is 0.765. The van der Waals surface area contributed by atoms with Gasteiger partial charge in [0.05, 0.1) is 5.41 Å². The van der Waals surface area contributed by atoms with E-state index in [1.54, 1.807) is 21.0 Å². The zero-order chi connectivity index (χ0) is 8.91. The number of carboxylic acids is 1. The van der Waals surface area contributed by atoms with Gasteiger partial charge in [0.1, 0.15) is 0 Å². The molecule has 0 fully saturated rings. The van der Waals surface area contributed by atoms with Crippen molar-refractivity contribution in [3.05, 3.63) is 0 Å². The van der Waals surface area contributed by atoms with E-state index in [0.29, 0.717) is 13.0 Å². The third-order valence-electron chi connectivity index (χ3n) is 1.73. The number of rotatable bonds is 5. The number of ether oxygens (including phenoxy) is 1. The van der Waals surface area contributed by atoms with Crippen LogP contribution in [0.3, 0.4) is 0 Å². The molecule has 0 saturated heterocycles. The Balaban J connectivity index is 3.64. The van der Waals surface area contributed by atoms with Crippen molar-refractivity contribution in [2.75, 3.05) is 13.7 Å². The van der Waals surface area contributed by atoms with Crippen LogP contribution >= 0.6 is 0 Å². The molecule has 3 heteroatoms. The average Bonchev–Trinajstić information content (AvgIpc) is 1.88. The third kappa shape index (κ3) is 3.98. The van der Waals surface area contributed by atoms with Gasteiger partial charge < -0.3 is 9.84 Å². The van der Waals surface area contributed by atoms with E-state index < -0.39 is 11.4 Å². The highest BCUT2D eigenvalue weighted by molar-refractivity contribution is 5.73. The van der Waals surface area contributed by atoms with E-state index in [1.165, 1.54) is 0 Å². The lowest BCUT2D eigenvalue weighted by Crippen LogP contribution is -2.23. The van der Waals surface area contributed by atoms with Crippen molar-refractivity contribution in [1.82, 2.24) is 0 Å². The lowest BCUT2D eigenvalue weighted by molar-refractivity contribution is -0.147. The molecular weight excluding hydrogens is 144 g/mol. The summed E-state index contributed by atoms with van der Waals surface area (Å²) in [6.45, 7) is 4.09. The Hall–Kier alpha value is -0.570. The lowest BCUT2D eigenvalue weighted by Gasteiger charge is -2.17. The van der Waals surface area contributed by atoms with E-state index in [9.17, 15) is 4.79 Å². The Bertz CT molecular complexity index is 129. The second-order valence-corrected chi connectivity index (χ2v) is 3.29. The van der Waals surface area contributed by atoms with Crippen LogP contribution in [0.5, 0.6) is 0 Å². The van der Waals surface area contributed by atoms with Gasteiger partial charge in [-0.1, -0.05) is 0 Å². The van der Waals surface area contributed by atoms with Gasteiger partial charge in [0.25, 0.3) is 0 Å². The summed E-state index contributed by atoms with van der Waals surface area (Å²) in [7, 11) is 1.62. The zero-order valence-electron chi connectivity index (χ0n) is 7.39. The maximum Gasteiger partial charge on any atom is 0.309 e. The highest BCUT2D eigenvalue weighted by Crippen LogP contribution is 2.21. The molecule has 0 aromatic heterocycles. The average molecular weight is 160 g/mol. The van der Waals surface area contributed by atoms with Crippen molar-refractivity contribution in [2.24, 2.45) is 5.41 Å². The van der Waals surface area contributed by atoms with Crippen molar-refractivity contribution in [1.29, 1.82) is 0 Å². The first-order valence-corrected chi connectivity index (χ1v) is 3.73. The van der Waals surface area contributed by atoms with Crippen molar-refractivity contribution < 1.29 is 14.6 Å². The number of hydrogen-bond acceptors (Lipinski definition) is 2. The summed E-state index contributed by atoms with van der Waals surface area (Å²) in [5.74, 6) is -0.742. The van der Waals surface area contributed by atoms with Crippen LogP contribution in [0.2, 0.25) is 0 Å². The normalized spacial score (nSPS) is 11.5. The van der Waals surface area contributed by atoms with E-state index in [1.807, 2.05) is 0 Å². The number of carboxylic acid groups (broad SMARTS) is 1. The van der Waals surface area contributed by atoms with E-state index in [0.717, 1.165) is 6.42 Å². The predicted octanol–water partition coefficient (Wildman–Crippen LogP) is 1.52. The van der Waals surface area contributed by atoms with Gasteiger partial charge in [-0.2, -0.15) is 0 Å². The summed E-state index contributed by atoms with van der Waals surface area (Å²) in [4.78, 5) is 10.6. The van der Waals surface area contributed by atoms with Crippen molar-refractivity contribution in [3.8, 4) is 0 Å². The Morgan fingerprint density at radius 3 is 2.45 bits per heavy atom. The summed E-state index contributed by atoms with van der Waals surface area (Å²) in [6.07, 6.45) is 1.46. The monoisotopic (exact) mass is 160 g/mol. The molecule has 11 heavy (non-hydrogen) atoms. The molecule has 0 rings (SSSR count). The Morgan fingerprint density at radius 2 is 2.09 bits per heavy atom. The molecule has 66 valence electrons. The molecule has 0 bridgehead atoms. The molecule has 0 aliphatic rings. The summed E-state index contributed by atoms with van der Waals surface area (Å²) >= 11 is 0. The number of carbonyl (C=O) groups is 1. The minimum atomic E-state index is -0.742. The molecule has 0 radical (unpaired) electrons. The molecule has 0 aliphatic heterocycles. The Labute approximate surface area is 67.4 Å². The van der Waals surface area contributed by atoms with Crippen molar-refractivity contribution >= 4 is 5.97 Å². The number of aliphatic carboxylic acids is 1. The van der Waals surface area contributed by atoms with Gasteiger partial charge in [0.15, 0.2) is 0 Å². The third-order valence-corrected chi connectivity index (χ3v) is 1.73. The van der Waals surface area contributed by atoms with Gasteiger partial charge >= 0.3 is 5.97 Å². The smallest absolute Gasteiger partial charge is 0.309 e. The fraction of sp³-hybridized carbons (Fsp3) is 0.875. The van der Waals surface area contributed by atoms with Gasteiger partial charge in [-0.15, -0.1) is 0 Å². The zero-order valence-corrected chi connectivity index (χ0v) is 7.39. The minimum Gasteiger partial charge on any atom is -0.481 e. The first-order valence-electron chi connectivity index (χ1n) is 3.73. The van der Waals surface area contributed by atoms with Gasteiger partial charge in [-0.3, -0.25) is 4.79 Å². The molecule has 0 unspecified atom stereocenters. The van der Waals surface area contributed by atoms with E-state index in [2.05, 4.69) is 0 Å². The van der Waals surface area contributed by atoms with Gasteiger partial charge in [0.2, 0.25) is 0 Å². The molecule has 0 aromatic carbocycles. The summed E-state index contributed by atoms with van der Waals surface area (Å²) in [5, 5.41) is 8.70. The maximum atomic E-state index is 10.6. The Morgan fingerprint density at radius 1 is 1.55 bits per heavy atom. The molecule has 0 saturated carbocycles. The topological polar surface area (TPSA) is 46.5 Å². The maximum absolute atomic E-state index is 10.6. The molecule has 0 atom stereocenters. The fourth-order valence-electron chi connectivity index (χ4n) is 0.765. The predicted molar refractivity (Wildman–Crippen MR) is 42.5 cm³/mol. The highest BCUT2D eigenvalue weighted by Gasteiger charge is 2.25. The SMILES string of the molecule is COCCCC(C)(C)C(=O)O. The van der Waals surface area contributed by atoms with Crippen LogP contribution in [-0.2, 0) is 9.53 Å². The first-order chi connectivity index (χ1) is 5.00. The second kappa shape index (κ2) is 4.34. The highest BCUT2D eigenvalue weighted by atomic mass is 16.5. The lowest BCUT2D eigenvalue weighted by atomic mass is 9.88. The van der Waals surface area contributed by atoms with E-state index >= 15 is 0 Å². The summed E-state index contributed by atoms with van der Waals surface area (Å²) in [5.41, 5.74) is -0.613. The number of hydrogen-bond donors (Lipinski definition) is 1. The van der Waals surface area contributed by atoms with Crippen LogP contribution in [0, 0.1) is 5.41 Å². The van der Waals surface area contributed by atoms with Crippen LogP contribution in [-0.4, -0.2) is 24.8 Å². The summed E-state index contributed by atoms with van der Waals surface area (Å²) < 4.78 is 4.82. The van der Waals surface area contributed by atoms with Crippen LogP contribution < -0.4 is 0 Å². The molecule has 0 spiro atoms. The van der Waals surface area contributed by atoms with Crippen molar-refractivity contribution in [2.45, 2.75) is 26.7 Å². The van der Waals surface area contributed by atoms with Gasteiger partial charge in [-0.05, 0) is 26.7 Å². The molecule has 1 N–H and O–H groups in total. The molecule has 0 aromatic rings. The van der Waals surface area contributed by atoms with E-state index in [4.69, 9.17) is 9.84 Å². The molecule has 0 heterocycles. The molecule has 0 aliphatic carbocycles. The minimum absolute atomic E-state index is 0.613. The number of methoxy groups -OCH3 is 1. The second-order valence-electron chi connectivity index (χ2n) is 3.29. The summed E-state index contributed by atoms with van der Waals surface area (Å²) in [6, 6.07) is 0. The quantitative estimate of drug-likeness (QED) is 0.620. The van der Waals surface area contributed by atoms with Crippen LogP contribution in [0.15, 0.2) is 0 Å². The van der Waals surface area contributed by atoms with Crippen LogP contribution in [0.4, 0.5) is 0 Å². The van der Waals surface area contributed by atoms with Gasteiger partial charge in [-0.25, -0.2) is 0 Å². The largest absolute Gasteiger partial charge is 0.481 e. The van der Waals surface area contributed by atoms with Gasteiger partial charge in [0, 0.05) is 13.7 Å². The Kier molecular flexibility index (Phi) is 4.11. The first kappa shape index (κ1) is 10.4. The standard InChI is InChI=1S/C8H16O3/c1-8(2,7(9)10)5-4-6-11-3/h4-6H2,1-3H3,(H,9,10). The van der Waals surface area contributed by atoms with Crippen molar-refractivity contribution in [3.63, 3.8) is 0 Å². The van der Waals surface area contributed by atoms with Crippen LogP contribution in [0.1, 0.15) is 26.7 Å². The molecule has 0 amide bonds. The molecule has 3 nitrogen and oxygen atoms in total. The van der Waals surface area contributed by atoms with E-state index in [-0.39, 0.29) is 0 Å².